The van der Waals surface area contributed by atoms with Crippen molar-refractivity contribution in [1.29, 1.82) is 0 Å². The maximum atomic E-state index is 14.7. The summed E-state index contributed by atoms with van der Waals surface area (Å²) in [5.41, 5.74) is 0.294. The van der Waals surface area contributed by atoms with Crippen LogP contribution in [0, 0.1) is 6.92 Å². The molecule has 0 bridgehead atoms. The fourth-order valence-electron chi connectivity index (χ4n) is 6.47. The number of para-hydroxylation sites is 1. The molecule has 0 spiro atoms. The van der Waals surface area contributed by atoms with Crippen molar-refractivity contribution in [1.82, 2.24) is 9.62 Å². The third-order valence-corrected chi connectivity index (χ3v) is 10.4. The minimum Gasteiger partial charge on any atom is -0.478 e. The van der Waals surface area contributed by atoms with Gasteiger partial charge in [0.1, 0.15) is 11.5 Å². The molecule has 5 aromatic rings. The summed E-state index contributed by atoms with van der Waals surface area (Å²) in [6, 6.07) is 30.8. The number of aryl methyl sites for hydroxylation is 2. The minimum absolute atomic E-state index is 0.00218. The Labute approximate surface area is 300 Å². The molecular formula is C40H34N2O9S. The zero-order valence-electron chi connectivity index (χ0n) is 28.0. The highest BCUT2D eigenvalue weighted by atomic mass is 32.2. The largest absolute Gasteiger partial charge is 0.478 e. The first-order chi connectivity index (χ1) is 24.9. The Bertz CT molecular complexity index is 2310. The predicted molar refractivity (Wildman–Crippen MR) is 191 cm³/mol. The summed E-state index contributed by atoms with van der Waals surface area (Å²) in [6.45, 7) is 1.52. The average Bonchev–Trinajstić information content (AvgIpc) is 3.13. The molecule has 52 heavy (non-hydrogen) atoms. The number of carbonyl (C=O) groups excluding carboxylic acids is 2. The summed E-state index contributed by atoms with van der Waals surface area (Å²) in [7, 11) is -4.48. The van der Waals surface area contributed by atoms with Gasteiger partial charge in [0.05, 0.1) is 33.2 Å². The van der Waals surface area contributed by atoms with Gasteiger partial charge >= 0.3 is 11.9 Å². The fourth-order valence-corrected chi connectivity index (χ4v) is 7.68. The number of aromatic carboxylic acids is 2. The summed E-state index contributed by atoms with van der Waals surface area (Å²) < 4.78 is 34.1. The van der Waals surface area contributed by atoms with E-state index in [2.05, 4.69) is 0 Å². The number of sulfonamides is 1. The Morgan fingerprint density at radius 3 is 2.12 bits per heavy atom. The second-order valence-electron chi connectivity index (χ2n) is 12.4. The molecule has 1 atom stereocenters. The number of carbonyl (C=O) groups is 4. The normalized spacial score (nSPS) is 13.8. The lowest BCUT2D eigenvalue weighted by Crippen LogP contribution is -2.37. The molecule has 0 saturated carbocycles. The summed E-state index contributed by atoms with van der Waals surface area (Å²) in [5.74, 6) is -4.30. The second kappa shape index (κ2) is 14.9. The van der Waals surface area contributed by atoms with Crippen LogP contribution in [-0.4, -0.2) is 47.3 Å². The predicted octanol–water partition coefficient (Wildman–Crippen LogP) is 7.02. The third kappa shape index (κ3) is 7.57. The lowest BCUT2D eigenvalue weighted by atomic mass is 9.86. The highest BCUT2D eigenvalue weighted by Crippen LogP contribution is 2.37. The smallest absolute Gasteiger partial charge is 0.336 e. The monoisotopic (exact) mass is 718 g/mol. The number of benzene rings is 5. The van der Waals surface area contributed by atoms with Crippen LogP contribution in [0.3, 0.4) is 0 Å². The second-order valence-corrected chi connectivity index (χ2v) is 14.0. The molecule has 1 aliphatic carbocycles. The van der Waals surface area contributed by atoms with Crippen molar-refractivity contribution in [3.63, 3.8) is 0 Å². The average molecular weight is 719 g/mol. The number of carboxylic acid groups (broad SMARTS) is 2. The molecule has 0 unspecified atom stereocenters. The molecule has 0 aromatic heterocycles. The van der Waals surface area contributed by atoms with Crippen molar-refractivity contribution >= 4 is 33.8 Å². The van der Waals surface area contributed by atoms with Crippen LogP contribution in [0.4, 0.5) is 0 Å². The SMILES string of the molecule is Cc1ccccc1S(=O)(=O)NC(=O)c1cc(C(=O)O)c(C(=O)N(Cc2cccc(Oc3ccccc3)c2)[C@H]2CCCc3ccccc32)cc1C(=O)O. The Morgan fingerprint density at radius 2 is 1.38 bits per heavy atom. The molecule has 11 nitrogen and oxygen atoms in total. The van der Waals surface area contributed by atoms with E-state index in [1.165, 1.54) is 30.0 Å². The molecule has 1 aliphatic rings. The number of ether oxygens (including phenoxy) is 1. The fraction of sp³-hybridized carbons (Fsp3) is 0.150. The van der Waals surface area contributed by atoms with Crippen LogP contribution in [0.15, 0.2) is 120 Å². The van der Waals surface area contributed by atoms with E-state index in [0.29, 0.717) is 29.0 Å². The Balaban J connectivity index is 1.42. The van der Waals surface area contributed by atoms with Crippen LogP contribution >= 0.6 is 0 Å². The van der Waals surface area contributed by atoms with Crippen molar-refractivity contribution in [2.24, 2.45) is 0 Å². The zero-order valence-corrected chi connectivity index (χ0v) is 28.8. The van der Waals surface area contributed by atoms with Gasteiger partial charge in [0.15, 0.2) is 0 Å². The quantitative estimate of drug-likeness (QED) is 0.130. The van der Waals surface area contributed by atoms with E-state index in [0.717, 1.165) is 36.1 Å². The molecule has 2 amide bonds. The Morgan fingerprint density at radius 1 is 0.750 bits per heavy atom. The summed E-state index contributed by atoms with van der Waals surface area (Å²) >= 11 is 0. The maximum Gasteiger partial charge on any atom is 0.336 e. The van der Waals surface area contributed by atoms with Crippen molar-refractivity contribution in [3.8, 4) is 11.5 Å². The lowest BCUT2D eigenvalue weighted by Gasteiger charge is -2.36. The molecule has 0 radical (unpaired) electrons. The minimum atomic E-state index is -4.48. The van der Waals surface area contributed by atoms with E-state index < -0.39 is 62.1 Å². The number of nitrogens with one attached hydrogen (secondary N) is 1. The van der Waals surface area contributed by atoms with E-state index >= 15 is 0 Å². The van der Waals surface area contributed by atoms with Gasteiger partial charge in [0.25, 0.3) is 21.8 Å². The van der Waals surface area contributed by atoms with Crippen LogP contribution in [-0.2, 0) is 23.0 Å². The van der Waals surface area contributed by atoms with Crippen LogP contribution < -0.4 is 9.46 Å². The first-order valence-electron chi connectivity index (χ1n) is 16.4. The highest BCUT2D eigenvalue weighted by Gasteiger charge is 2.34. The molecule has 264 valence electrons. The van der Waals surface area contributed by atoms with E-state index in [1.54, 1.807) is 42.5 Å². The lowest BCUT2D eigenvalue weighted by molar-refractivity contribution is 0.0614. The topological polar surface area (TPSA) is 167 Å². The zero-order chi connectivity index (χ0) is 37.0. The first-order valence-corrected chi connectivity index (χ1v) is 17.9. The van der Waals surface area contributed by atoms with Crippen molar-refractivity contribution in [2.45, 2.75) is 43.7 Å². The standard InChI is InChI=1S/C40H34N2O9S/c1-25-11-5-8-20-36(25)52(49,50)41-37(43)31-22-34(40(47)48)32(23-33(31)39(45)46)38(44)42(35-19-10-14-27-13-6-7-18-30(27)35)24-26-12-9-17-29(21-26)51-28-15-3-2-4-16-28/h2-9,11-13,15-18,20-23,35H,10,14,19,24H2,1H3,(H,41,43)(H,45,46)(H,47,48)/t35-/m0/s1. The molecule has 3 N–H and O–H groups in total. The number of amides is 2. The van der Waals surface area contributed by atoms with E-state index in [9.17, 15) is 37.8 Å². The number of rotatable bonds is 11. The van der Waals surface area contributed by atoms with Gasteiger partial charge in [-0.05, 0) is 90.9 Å². The Hall–Kier alpha value is -6.27. The third-order valence-electron chi connectivity index (χ3n) is 8.91. The molecule has 0 aliphatic heterocycles. The van der Waals surface area contributed by atoms with Gasteiger partial charge < -0.3 is 19.8 Å². The van der Waals surface area contributed by atoms with Crippen molar-refractivity contribution < 1.29 is 42.5 Å². The van der Waals surface area contributed by atoms with Gasteiger partial charge in [0, 0.05) is 6.54 Å². The van der Waals surface area contributed by atoms with Gasteiger partial charge in [-0.2, -0.15) is 0 Å². The first kappa shape index (κ1) is 35.6. The van der Waals surface area contributed by atoms with Crippen LogP contribution in [0.2, 0.25) is 0 Å². The van der Waals surface area contributed by atoms with Crippen LogP contribution in [0.25, 0.3) is 0 Å². The van der Waals surface area contributed by atoms with Crippen LogP contribution in [0.1, 0.15) is 82.6 Å². The number of carboxylic acids is 2. The summed E-state index contributed by atoms with van der Waals surface area (Å²) in [6.07, 6.45) is 2.07. The maximum absolute atomic E-state index is 14.7. The van der Waals surface area contributed by atoms with Crippen molar-refractivity contribution in [3.05, 3.63) is 160 Å². The van der Waals surface area contributed by atoms with Gasteiger partial charge in [-0.3, -0.25) is 9.59 Å². The number of hydrogen-bond donors (Lipinski definition) is 3. The summed E-state index contributed by atoms with van der Waals surface area (Å²) in [4.78, 5) is 54.7. The molecule has 0 heterocycles. The van der Waals surface area contributed by atoms with Gasteiger partial charge in [-0.15, -0.1) is 0 Å². The molecule has 12 heteroatoms. The van der Waals surface area contributed by atoms with Crippen LogP contribution in [0.5, 0.6) is 11.5 Å². The molecule has 0 fully saturated rings. The molecule has 0 saturated heterocycles. The van der Waals surface area contributed by atoms with Gasteiger partial charge in [-0.1, -0.05) is 72.8 Å². The van der Waals surface area contributed by atoms with Gasteiger partial charge in [-0.25, -0.2) is 22.7 Å². The Kier molecular flexibility index (Phi) is 10.2. The number of fused-ring (bicyclic) bond motifs is 1. The highest BCUT2D eigenvalue weighted by molar-refractivity contribution is 7.90. The molecule has 5 aromatic carbocycles. The van der Waals surface area contributed by atoms with Crippen molar-refractivity contribution in [2.75, 3.05) is 0 Å². The van der Waals surface area contributed by atoms with Gasteiger partial charge in [0.2, 0.25) is 0 Å². The molecular weight excluding hydrogens is 685 g/mol. The summed E-state index contributed by atoms with van der Waals surface area (Å²) in [5, 5.41) is 20.5. The van der Waals surface area contributed by atoms with E-state index in [4.69, 9.17) is 4.74 Å². The van der Waals surface area contributed by atoms with E-state index in [-0.39, 0.29) is 11.4 Å². The number of hydrogen-bond acceptors (Lipinski definition) is 7. The molecule has 6 rings (SSSR count). The van der Waals surface area contributed by atoms with E-state index in [1.807, 2.05) is 47.2 Å². The number of nitrogens with zero attached hydrogens (tertiary/aromatic N) is 1.